The molecule has 0 spiro atoms. The van der Waals surface area contributed by atoms with E-state index in [-0.39, 0.29) is 28.0 Å². The average Bonchev–Trinajstić information content (AvgIpc) is 2.80. The number of ether oxygens (including phenoxy) is 1. The third-order valence-corrected chi connectivity index (χ3v) is 7.41. The fourth-order valence-corrected chi connectivity index (χ4v) is 5.62. The minimum absolute atomic E-state index is 0.00282. The first-order valence-electron chi connectivity index (χ1n) is 9.47. The molecule has 0 saturated carbocycles. The SMILES string of the molecule is CC(C)(C)OC(=O)N1CC2CCC(C1)N2c1ccc(S(C)(=O)=O)cc1S(C)(=O)=O. The fraction of sp³-hybridized carbons (Fsp3) is 0.632. The molecule has 2 aliphatic rings. The van der Waals surface area contributed by atoms with Gasteiger partial charge in [-0.25, -0.2) is 21.6 Å². The number of benzene rings is 1. The molecule has 0 aliphatic carbocycles. The molecule has 2 heterocycles. The van der Waals surface area contributed by atoms with Gasteiger partial charge in [0.25, 0.3) is 0 Å². The van der Waals surface area contributed by atoms with Crippen LogP contribution in [0, 0.1) is 0 Å². The third kappa shape index (κ3) is 4.69. The lowest BCUT2D eigenvalue weighted by Gasteiger charge is -2.43. The highest BCUT2D eigenvalue weighted by Crippen LogP contribution is 2.39. The van der Waals surface area contributed by atoms with E-state index in [9.17, 15) is 21.6 Å². The van der Waals surface area contributed by atoms with Gasteiger partial charge < -0.3 is 14.5 Å². The van der Waals surface area contributed by atoms with Crippen molar-refractivity contribution in [2.24, 2.45) is 0 Å². The van der Waals surface area contributed by atoms with Crippen molar-refractivity contribution in [1.29, 1.82) is 0 Å². The summed E-state index contributed by atoms with van der Waals surface area (Å²) < 4.78 is 54.2. The number of piperazine rings is 1. The summed E-state index contributed by atoms with van der Waals surface area (Å²) in [6.07, 6.45) is 3.40. The smallest absolute Gasteiger partial charge is 0.410 e. The van der Waals surface area contributed by atoms with Crippen LogP contribution >= 0.6 is 0 Å². The highest BCUT2D eigenvalue weighted by atomic mass is 32.2. The topological polar surface area (TPSA) is 101 Å². The number of amides is 1. The summed E-state index contributed by atoms with van der Waals surface area (Å²) in [7, 11) is -7.18. The zero-order chi connectivity index (χ0) is 21.8. The number of fused-ring (bicyclic) bond motifs is 2. The molecule has 3 rings (SSSR count). The summed E-state index contributed by atoms with van der Waals surface area (Å²) in [5.74, 6) is 0. The maximum atomic E-state index is 12.5. The van der Waals surface area contributed by atoms with Gasteiger partial charge in [0.1, 0.15) is 5.60 Å². The zero-order valence-corrected chi connectivity index (χ0v) is 19.0. The van der Waals surface area contributed by atoms with Crippen LogP contribution in [-0.2, 0) is 24.4 Å². The van der Waals surface area contributed by atoms with Crippen molar-refractivity contribution in [3.8, 4) is 0 Å². The lowest BCUT2D eigenvalue weighted by Crippen LogP contribution is -2.56. The van der Waals surface area contributed by atoms with Gasteiger partial charge in [0.15, 0.2) is 19.7 Å². The minimum atomic E-state index is -3.65. The third-order valence-electron chi connectivity index (χ3n) is 5.17. The van der Waals surface area contributed by atoms with E-state index < -0.39 is 25.3 Å². The predicted molar refractivity (Wildman–Crippen MR) is 110 cm³/mol. The predicted octanol–water partition coefficient (Wildman–Crippen LogP) is 2.08. The molecule has 1 aromatic rings. The number of rotatable bonds is 3. The quantitative estimate of drug-likeness (QED) is 0.703. The molecule has 0 N–H and O–H groups in total. The molecule has 8 nitrogen and oxygen atoms in total. The monoisotopic (exact) mass is 444 g/mol. The largest absolute Gasteiger partial charge is 0.444 e. The molecule has 0 radical (unpaired) electrons. The van der Waals surface area contributed by atoms with Gasteiger partial charge in [-0.15, -0.1) is 0 Å². The number of carbonyl (C=O) groups excluding carboxylic acids is 1. The summed E-state index contributed by atoms with van der Waals surface area (Å²) in [5, 5.41) is 0. The Morgan fingerprint density at radius 3 is 2.00 bits per heavy atom. The summed E-state index contributed by atoms with van der Waals surface area (Å²) in [6.45, 7) is 6.32. The minimum Gasteiger partial charge on any atom is -0.444 e. The summed E-state index contributed by atoms with van der Waals surface area (Å²) in [4.78, 5) is 16.2. The van der Waals surface area contributed by atoms with Gasteiger partial charge in [0.2, 0.25) is 0 Å². The Hall–Kier alpha value is -1.81. The number of sulfone groups is 2. The molecule has 1 aromatic carbocycles. The van der Waals surface area contributed by atoms with Crippen LogP contribution in [0.4, 0.5) is 10.5 Å². The maximum Gasteiger partial charge on any atom is 0.410 e. The van der Waals surface area contributed by atoms with Crippen LogP contribution in [0.3, 0.4) is 0 Å². The molecule has 2 atom stereocenters. The van der Waals surface area contributed by atoms with Crippen LogP contribution in [0.5, 0.6) is 0 Å². The summed E-state index contributed by atoms with van der Waals surface area (Å²) in [5.41, 5.74) is -0.0886. The van der Waals surface area contributed by atoms with Gasteiger partial charge in [-0.2, -0.15) is 0 Å². The lowest BCUT2D eigenvalue weighted by atomic mass is 10.1. The van der Waals surface area contributed by atoms with Crippen molar-refractivity contribution >= 4 is 31.5 Å². The molecule has 1 amide bonds. The molecular formula is C19H28N2O6S2. The van der Waals surface area contributed by atoms with Crippen molar-refractivity contribution in [2.45, 2.75) is 61.1 Å². The van der Waals surface area contributed by atoms with Crippen molar-refractivity contribution in [3.63, 3.8) is 0 Å². The molecule has 162 valence electrons. The van der Waals surface area contributed by atoms with Gasteiger partial charge >= 0.3 is 6.09 Å². The highest BCUT2D eigenvalue weighted by Gasteiger charge is 2.43. The summed E-state index contributed by atoms with van der Waals surface area (Å²) >= 11 is 0. The zero-order valence-electron chi connectivity index (χ0n) is 17.4. The first-order chi connectivity index (χ1) is 13.2. The number of nitrogens with zero attached hydrogens (tertiary/aromatic N) is 2. The second-order valence-electron chi connectivity index (χ2n) is 8.85. The van der Waals surface area contributed by atoms with Gasteiger partial charge in [0.05, 0.1) is 15.5 Å². The van der Waals surface area contributed by atoms with E-state index in [1.165, 1.54) is 12.1 Å². The van der Waals surface area contributed by atoms with Crippen LogP contribution in [0.25, 0.3) is 0 Å². The van der Waals surface area contributed by atoms with Crippen LogP contribution in [-0.4, -0.2) is 71.1 Å². The highest BCUT2D eigenvalue weighted by molar-refractivity contribution is 7.91. The molecule has 2 fully saturated rings. The second kappa shape index (κ2) is 7.16. The Morgan fingerprint density at radius 1 is 1.00 bits per heavy atom. The van der Waals surface area contributed by atoms with Crippen molar-refractivity contribution < 1.29 is 26.4 Å². The van der Waals surface area contributed by atoms with Gasteiger partial charge in [0, 0.05) is 37.7 Å². The average molecular weight is 445 g/mol. The number of carbonyl (C=O) groups is 1. The molecule has 0 aromatic heterocycles. The van der Waals surface area contributed by atoms with Gasteiger partial charge in [-0.1, -0.05) is 0 Å². The Kier molecular flexibility index (Phi) is 5.40. The van der Waals surface area contributed by atoms with E-state index in [1.54, 1.807) is 11.0 Å². The Balaban J connectivity index is 1.94. The fourth-order valence-electron chi connectivity index (χ4n) is 4.01. The Bertz CT molecular complexity index is 1010. The van der Waals surface area contributed by atoms with Crippen LogP contribution < -0.4 is 4.90 Å². The molecule has 2 saturated heterocycles. The molecule has 10 heteroatoms. The first-order valence-corrected chi connectivity index (χ1v) is 13.3. The summed E-state index contributed by atoms with van der Waals surface area (Å²) in [6, 6.07) is 4.15. The number of hydrogen-bond acceptors (Lipinski definition) is 7. The van der Waals surface area contributed by atoms with E-state index in [4.69, 9.17) is 4.74 Å². The van der Waals surface area contributed by atoms with Crippen molar-refractivity contribution in [3.05, 3.63) is 18.2 Å². The van der Waals surface area contributed by atoms with Crippen LogP contribution in [0.2, 0.25) is 0 Å². The van der Waals surface area contributed by atoms with E-state index in [0.29, 0.717) is 18.8 Å². The van der Waals surface area contributed by atoms with E-state index >= 15 is 0 Å². The normalized spacial score (nSPS) is 22.7. The molecule has 2 aliphatic heterocycles. The van der Waals surface area contributed by atoms with E-state index in [2.05, 4.69) is 0 Å². The van der Waals surface area contributed by atoms with Crippen LogP contribution in [0.15, 0.2) is 28.0 Å². The second-order valence-corrected chi connectivity index (χ2v) is 12.9. The number of likely N-dealkylation sites (tertiary alicyclic amines) is 1. The number of hydrogen-bond donors (Lipinski definition) is 0. The van der Waals surface area contributed by atoms with Gasteiger partial charge in [-0.3, -0.25) is 0 Å². The van der Waals surface area contributed by atoms with Gasteiger partial charge in [-0.05, 0) is 51.8 Å². The van der Waals surface area contributed by atoms with Crippen molar-refractivity contribution in [2.75, 3.05) is 30.5 Å². The standard InChI is InChI=1S/C19H28N2O6S2/c1-19(2,3)27-18(22)20-11-13-6-7-14(12-20)21(13)16-9-8-15(28(4,23)24)10-17(16)29(5,25)26/h8-10,13-14H,6-7,11-12H2,1-5H3. The lowest BCUT2D eigenvalue weighted by molar-refractivity contribution is 0.0209. The molecule has 2 unspecified atom stereocenters. The molecule has 2 bridgehead atoms. The van der Waals surface area contributed by atoms with E-state index in [1.807, 2.05) is 25.7 Å². The maximum absolute atomic E-state index is 12.5. The van der Waals surface area contributed by atoms with Crippen molar-refractivity contribution in [1.82, 2.24) is 4.90 Å². The molecular weight excluding hydrogens is 416 g/mol. The first kappa shape index (κ1) is 21.9. The molecule has 29 heavy (non-hydrogen) atoms. The van der Waals surface area contributed by atoms with E-state index in [0.717, 1.165) is 25.4 Å². The number of anilines is 1. The Labute approximate surface area is 172 Å². The van der Waals surface area contributed by atoms with Crippen LogP contribution in [0.1, 0.15) is 33.6 Å². The Morgan fingerprint density at radius 2 is 1.55 bits per heavy atom.